The van der Waals surface area contributed by atoms with E-state index in [1.54, 1.807) is 12.1 Å². The Labute approximate surface area is 118 Å². The summed E-state index contributed by atoms with van der Waals surface area (Å²) >= 11 is 3.30. The highest BCUT2D eigenvalue weighted by atomic mass is 79.9. The minimum atomic E-state index is -0.388. The lowest BCUT2D eigenvalue weighted by Crippen LogP contribution is -2.35. The monoisotopic (exact) mass is 327 g/mol. The molecule has 1 atom stereocenters. The number of nitrogens with zero attached hydrogens (tertiary/aromatic N) is 1. The third kappa shape index (κ3) is 3.74. The standard InChI is InChI=1S/C12H14BrN3O3/c13-9-1-3-11(16(18)19)8(5-9)6-14-7-10-2-4-12(17)15-10/h1,3,5,10,14H,2,4,6-7H2,(H,15,17). The Kier molecular flexibility index (Phi) is 4.49. The van der Waals surface area contributed by atoms with Crippen molar-refractivity contribution < 1.29 is 9.72 Å². The van der Waals surface area contributed by atoms with Gasteiger partial charge in [-0.25, -0.2) is 0 Å². The van der Waals surface area contributed by atoms with Crippen LogP contribution in [0.15, 0.2) is 22.7 Å². The maximum atomic E-state index is 11.0. The van der Waals surface area contributed by atoms with E-state index in [0.717, 1.165) is 10.9 Å². The Morgan fingerprint density at radius 2 is 2.32 bits per heavy atom. The molecule has 19 heavy (non-hydrogen) atoms. The number of hydrogen-bond donors (Lipinski definition) is 2. The van der Waals surface area contributed by atoms with Crippen LogP contribution in [-0.2, 0) is 11.3 Å². The van der Waals surface area contributed by atoms with Gasteiger partial charge in [-0.1, -0.05) is 15.9 Å². The number of nitro groups is 1. The molecule has 0 saturated carbocycles. The average molecular weight is 328 g/mol. The van der Waals surface area contributed by atoms with Crippen molar-refractivity contribution in [3.8, 4) is 0 Å². The molecule has 1 heterocycles. The molecule has 1 aromatic carbocycles. The van der Waals surface area contributed by atoms with Gasteiger partial charge in [-0.3, -0.25) is 14.9 Å². The molecule has 0 bridgehead atoms. The molecule has 6 nitrogen and oxygen atoms in total. The highest BCUT2D eigenvalue weighted by Gasteiger charge is 2.20. The summed E-state index contributed by atoms with van der Waals surface area (Å²) in [5.74, 6) is 0.0697. The summed E-state index contributed by atoms with van der Waals surface area (Å²) in [6.07, 6.45) is 1.37. The number of halogens is 1. The van der Waals surface area contributed by atoms with Gasteiger partial charge in [0, 0.05) is 41.7 Å². The minimum Gasteiger partial charge on any atom is -0.352 e. The molecule has 7 heteroatoms. The molecule has 1 unspecified atom stereocenters. The first-order valence-corrected chi connectivity index (χ1v) is 6.78. The number of amides is 1. The summed E-state index contributed by atoms with van der Waals surface area (Å²) < 4.78 is 0.809. The second kappa shape index (κ2) is 6.12. The van der Waals surface area contributed by atoms with Crippen molar-refractivity contribution in [2.45, 2.75) is 25.4 Å². The molecule has 1 aliphatic heterocycles. The van der Waals surface area contributed by atoms with E-state index in [4.69, 9.17) is 0 Å². The van der Waals surface area contributed by atoms with E-state index in [0.29, 0.717) is 25.1 Å². The van der Waals surface area contributed by atoms with Crippen molar-refractivity contribution in [2.24, 2.45) is 0 Å². The van der Waals surface area contributed by atoms with Crippen molar-refractivity contribution in [3.05, 3.63) is 38.3 Å². The van der Waals surface area contributed by atoms with Crippen LogP contribution in [0.3, 0.4) is 0 Å². The Hall–Kier alpha value is -1.47. The molecular weight excluding hydrogens is 314 g/mol. The topological polar surface area (TPSA) is 84.3 Å². The largest absolute Gasteiger partial charge is 0.352 e. The van der Waals surface area contributed by atoms with Crippen LogP contribution in [0.1, 0.15) is 18.4 Å². The number of rotatable bonds is 5. The van der Waals surface area contributed by atoms with Crippen LogP contribution < -0.4 is 10.6 Å². The number of nitrogens with one attached hydrogen (secondary N) is 2. The zero-order chi connectivity index (χ0) is 13.8. The lowest BCUT2D eigenvalue weighted by molar-refractivity contribution is -0.385. The number of nitro benzene ring substituents is 1. The fourth-order valence-corrected chi connectivity index (χ4v) is 2.49. The molecular formula is C12H14BrN3O3. The van der Waals surface area contributed by atoms with E-state index in [1.165, 1.54) is 6.07 Å². The predicted octanol–water partition coefficient (Wildman–Crippen LogP) is 1.73. The van der Waals surface area contributed by atoms with Crippen LogP contribution in [0.4, 0.5) is 5.69 Å². The summed E-state index contributed by atoms with van der Waals surface area (Å²) in [4.78, 5) is 21.6. The first-order valence-electron chi connectivity index (χ1n) is 5.99. The van der Waals surface area contributed by atoms with Gasteiger partial charge in [0.1, 0.15) is 0 Å². The van der Waals surface area contributed by atoms with Gasteiger partial charge in [-0.05, 0) is 18.6 Å². The summed E-state index contributed by atoms with van der Waals surface area (Å²) in [6, 6.07) is 4.99. The van der Waals surface area contributed by atoms with Crippen molar-refractivity contribution in [1.29, 1.82) is 0 Å². The minimum absolute atomic E-state index is 0.0697. The second-order valence-electron chi connectivity index (χ2n) is 4.46. The first kappa shape index (κ1) is 14.0. The van der Waals surface area contributed by atoms with Crippen LogP contribution >= 0.6 is 15.9 Å². The fourth-order valence-electron chi connectivity index (χ4n) is 2.09. The van der Waals surface area contributed by atoms with E-state index in [9.17, 15) is 14.9 Å². The highest BCUT2D eigenvalue weighted by Crippen LogP contribution is 2.22. The van der Waals surface area contributed by atoms with E-state index < -0.39 is 0 Å². The van der Waals surface area contributed by atoms with E-state index >= 15 is 0 Å². The summed E-state index contributed by atoms with van der Waals surface area (Å²) in [5, 5.41) is 16.9. The van der Waals surface area contributed by atoms with Crippen molar-refractivity contribution in [1.82, 2.24) is 10.6 Å². The van der Waals surface area contributed by atoms with Crippen molar-refractivity contribution in [3.63, 3.8) is 0 Å². The number of carbonyl (C=O) groups is 1. The van der Waals surface area contributed by atoms with Gasteiger partial charge in [-0.2, -0.15) is 0 Å². The molecule has 1 aliphatic rings. The Balaban J connectivity index is 1.93. The van der Waals surface area contributed by atoms with Gasteiger partial charge in [0.05, 0.1) is 4.92 Å². The molecule has 0 aliphatic carbocycles. The first-order chi connectivity index (χ1) is 9.06. The smallest absolute Gasteiger partial charge is 0.273 e. The Morgan fingerprint density at radius 3 is 2.95 bits per heavy atom. The molecule has 1 saturated heterocycles. The zero-order valence-electron chi connectivity index (χ0n) is 10.2. The van der Waals surface area contributed by atoms with E-state index in [2.05, 4.69) is 26.6 Å². The summed E-state index contributed by atoms with van der Waals surface area (Å²) in [7, 11) is 0. The van der Waals surface area contributed by atoms with Gasteiger partial charge in [-0.15, -0.1) is 0 Å². The third-order valence-corrected chi connectivity index (χ3v) is 3.52. The van der Waals surface area contributed by atoms with Crippen LogP contribution in [0.25, 0.3) is 0 Å². The Bertz CT molecular complexity index is 507. The maximum absolute atomic E-state index is 11.0. The summed E-state index contributed by atoms with van der Waals surface area (Å²) in [5.41, 5.74) is 0.731. The quantitative estimate of drug-likeness (QED) is 0.637. The molecule has 2 rings (SSSR count). The molecule has 1 fully saturated rings. The van der Waals surface area contributed by atoms with E-state index in [-0.39, 0.29) is 22.6 Å². The van der Waals surface area contributed by atoms with Gasteiger partial charge in [0.2, 0.25) is 5.91 Å². The lowest BCUT2D eigenvalue weighted by atomic mass is 10.1. The fraction of sp³-hybridized carbons (Fsp3) is 0.417. The normalized spacial score (nSPS) is 18.4. The van der Waals surface area contributed by atoms with Crippen molar-refractivity contribution >= 4 is 27.5 Å². The molecule has 2 N–H and O–H groups in total. The Morgan fingerprint density at radius 1 is 1.53 bits per heavy atom. The van der Waals surface area contributed by atoms with Crippen LogP contribution in [0.5, 0.6) is 0 Å². The van der Waals surface area contributed by atoms with Crippen LogP contribution in [0.2, 0.25) is 0 Å². The van der Waals surface area contributed by atoms with Crippen LogP contribution in [0, 0.1) is 10.1 Å². The average Bonchev–Trinajstić information content (AvgIpc) is 2.75. The SMILES string of the molecule is O=C1CCC(CNCc2cc(Br)ccc2[N+](=O)[O-])N1. The molecule has 0 spiro atoms. The lowest BCUT2D eigenvalue weighted by Gasteiger charge is -2.11. The molecule has 1 amide bonds. The number of benzene rings is 1. The second-order valence-corrected chi connectivity index (χ2v) is 5.38. The zero-order valence-corrected chi connectivity index (χ0v) is 11.8. The third-order valence-electron chi connectivity index (χ3n) is 3.03. The van der Waals surface area contributed by atoms with Gasteiger partial charge in [0.25, 0.3) is 5.69 Å². The maximum Gasteiger partial charge on any atom is 0.273 e. The van der Waals surface area contributed by atoms with Gasteiger partial charge >= 0.3 is 0 Å². The highest BCUT2D eigenvalue weighted by molar-refractivity contribution is 9.10. The predicted molar refractivity (Wildman–Crippen MR) is 73.7 cm³/mol. The molecule has 0 radical (unpaired) electrons. The van der Waals surface area contributed by atoms with Crippen molar-refractivity contribution in [2.75, 3.05) is 6.54 Å². The number of carbonyl (C=O) groups excluding carboxylic acids is 1. The van der Waals surface area contributed by atoms with Crippen LogP contribution in [-0.4, -0.2) is 23.4 Å². The van der Waals surface area contributed by atoms with Gasteiger partial charge < -0.3 is 10.6 Å². The molecule has 0 aromatic heterocycles. The molecule has 1 aromatic rings. The van der Waals surface area contributed by atoms with E-state index in [1.807, 2.05) is 0 Å². The van der Waals surface area contributed by atoms with Gasteiger partial charge in [0.15, 0.2) is 0 Å². The molecule has 102 valence electrons. The summed E-state index contributed by atoms with van der Waals surface area (Å²) in [6.45, 7) is 1.03. The number of hydrogen-bond acceptors (Lipinski definition) is 4.